The maximum absolute atomic E-state index is 11.0. The van der Waals surface area contributed by atoms with Gasteiger partial charge in [0.25, 0.3) is 0 Å². The summed E-state index contributed by atoms with van der Waals surface area (Å²) in [7, 11) is 1.35. The molecule has 0 aliphatic carbocycles. The van der Waals surface area contributed by atoms with Gasteiger partial charge in [0.2, 0.25) is 0 Å². The predicted molar refractivity (Wildman–Crippen MR) is 39.2 cm³/mol. The van der Waals surface area contributed by atoms with Gasteiger partial charge in [0.1, 0.15) is 0 Å². The first-order valence-electron chi connectivity index (χ1n) is 3.67. The van der Waals surface area contributed by atoms with Gasteiger partial charge in [0.15, 0.2) is 0 Å². The van der Waals surface area contributed by atoms with E-state index in [1.54, 1.807) is 0 Å². The summed E-state index contributed by atoms with van der Waals surface area (Å²) < 4.78 is 4.53. The Balaban J connectivity index is 2.52. The van der Waals surface area contributed by atoms with E-state index in [4.69, 9.17) is 5.11 Å². The van der Waals surface area contributed by atoms with Crippen LogP contribution in [0.5, 0.6) is 0 Å². The van der Waals surface area contributed by atoms with Crippen LogP contribution in [0.2, 0.25) is 0 Å². The number of nitrogens with zero attached hydrogens (tertiary/aromatic N) is 1. The quantitative estimate of drug-likeness (QED) is 0.549. The number of carbonyl (C=O) groups excluding carboxylic acids is 1. The third-order valence-corrected chi connectivity index (χ3v) is 1.96. The molecular weight excluding hydrogens is 146 g/mol. The molecule has 64 valence electrons. The van der Waals surface area contributed by atoms with Gasteiger partial charge in [0, 0.05) is 6.04 Å². The zero-order valence-corrected chi connectivity index (χ0v) is 6.78. The molecule has 0 aromatic rings. The van der Waals surface area contributed by atoms with Gasteiger partial charge in [-0.25, -0.2) is 4.79 Å². The van der Waals surface area contributed by atoms with Crippen molar-refractivity contribution in [3.05, 3.63) is 0 Å². The minimum Gasteiger partial charge on any atom is -0.453 e. The summed E-state index contributed by atoms with van der Waals surface area (Å²) in [5.41, 5.74) is 0. The van der Waals surface area contributed by atoms with Gasteiger partial charge in [-0.3, -0.25) is 0 Å². The number of β-amino-alcohol motifs (C(OH)–C–C–N with tert-alkyl or cyclic N) is 1. The van der Waals surface area contributed by atoms with Crippen LogP contribution in [0.25, 0.3) is 0 Å². The number of rotatable bonds is 0. The first-order valence-corrected chi connectivity index (χ1v) is 3.67. The van der Waals surface area contributed by atoms with E-state index in [0.717, 1.165) is 0 Å². The van der Waals surface area contributed by atoms with Crippen LogP contribution in [0.4, 0.5) is 4.79 Å². The van der Waals surface area contributed by atoms with Gasteiger partial charge < -0.3 is 14.7 Å². The highest BCUT2D eigenvalue weighted by Gasteiger charge is 2.31. The van der Waals surface area contributed by atoms with Crippen LogP contribution >= 0.6 is 0 Å². The first-order chi connectivity index (χ1) is 5.15. The first kappa shape index (κ1) is 8.33. The summed E-state index contributed by atoms with van der Waals surface area (Å²) in [5.74, 6) is 0. The number of amides is 1. The Hall–Kier alpha value is -0.770. The molecular formula is C7H13NO3. The second kappa shape index (κ2) is 3.09. The lowest BCUT2D eigenvalue weighted by Crippen LogP contribution is -2.34. The molecule has 0 saturated carbocycles. The Morgan fingerprint density at radius 2 is 2.36 bits per heavy atom. The highest BCUT2D eigenvalue weighted by Crippen LogP contribution is 2.17. The van der Waals surface area contributed by atoms with Gasteiger partial charge >= 0.3 is 6.09 Å². The fourth-order valence-electron chi connectivity index (χ4n) is 1.37. The molecule has 11 heavy (non-hydrogen) atoms. The molecule has 1 rings (SSSR count). The van der Waals surface area contributed by atoms with Crippen molar-refractivity contribution < 1.29 is 14.6 Å². The average molecular weight is 159 g/mol. The molecule has 1 aliphatic heterocycles. The van der Waals surface area contributed by atoms with Crippen molar-refractivity contribution in [2.75, 3.05) is 13.7 Å². The number of likely N-dealkylation sites (tertiary alicyclic amines) is 1. The van der Waals surface area contributed by atoms with Gasteiger partial charge in [-0.15, -0.1) is 0 Å². The van der Waals surface area contributed by atoms with Crippen molar-refractivity contribution in [3.63, 3.8) is 0 Å². The third-order valence-electron chi connectivity index (χ3n) is 1.96. The minimum atomic E-state index is -0.385. The molecule has 4 nitrogen and oxygen atoms in total. The van der Waals surface area contributed by atoms with Crippen LogP contribution in [0, 0.1) is 0 Å². The Bertz CT molecular complexity index is 160. The summed E-state index contributed by atoms with van der Waals surface area (Å²) in [6.07, 6.45) is -0.0899. The summed E-state index contributed by atoms with van der Waals surface area (Å²) in [4.78, 5) is 12.5. The maximum atomic E-state index is 11.0. The predicted octanol–water partition coefficient (Wildman–Crippen LogP) is 0.208. The van der Waals surface area contributed by atoms with Crippen molar-refractivity contribution in [3.8, 4) is 0 Å². The van der Waals surface area contributed by atoms with E-state index in [1.807, 2.05) is 6.92 Å². The van der Waals surface area contributed by atoms with E-state index in [-0.39, 0.29) is 18.2 Å². The number of methoxy groups -OCH3 is 1. The molecule has 0 aromatic heterocycles. The molecule has 1 fully saturated rings. The highest BCUT2D eigenvalue weighted by atomic mass is 16.5. The van der Waals surface area contributed by atoms with Gasteiger partial charge in [-0.2, -0.15) is 0 Å². The molecule has 0 radical (unpaired) electrons. The second-order valence-corrected chi connectivity index (χ2v) is 2.86. The summed E-state index contributed by atoms with van der Waals surface area (Å²) in [5, 5.41) is 9.16. The van der Waals surface area contributed by atoms with E-state index in [0.29, 0.717) is 13.0 Å². The lowest BCUT2D eigenvalue weighted by molar-refractivity contribution is 0.114. The van der Waals surface area contributed by atoms with Gasteiger partial charge in [0.05, 0.1) is 19.8 Å². The van der Waals surface area contributed by atoms with Crippen LogP contribution in [-0.4, -0.2) is 41.9 Å². The van der Waals surface area contributed by atoms with E-state index < -0.39 is 0 Å². The Morgan fingerprint density at radius 3 is 2.73 bits per heavy atom. The summed E-state index contributed by atoms with van der Waals surface area (Å²) >= 11 is 0. The summed E-state index contributed by atoms with van der Waals surface area (Å²) in [6.45, 7) is 2.29. The van der Waals surface area contributed by atoms with E-state index in [1.165, 1.54) is 12.0 Å². The molecule has 1 saturated heterocycles. The molecule has 1 N–H and O–H groups in total. The van der Waals surface area contributed by atoms with Crippen molar-refractivity contribution in [2.24, 2.45) is 0 Å². The third kappa shape index (κ3) is 1.63. The molecule has 2 atom stereocenters. The molecule has 0 aromatic carbocycles. The highest BCUT2D eigenvalue weighted by molar-refractivity contribution is 5.68. The van der Waals surface area contributed by atoms with E-state index in [9.17, 15) is 4.79 Å². The van der Waals surface area contributed by atoms with Crippen molar-refractivity contribution in [1.29, 1.82) is 0 Å². The Kier molecular flexibility index (Phi) is 2.34. The van der Waals surface area contributed by atoms with Gasteiger partial charge in [-0.1, -0.05) is 0 Å². The Morgan fingerprint density at radius 1 is 1.73 bits per heavy atom. The second-order valence-electron chi connectivity index (χ2n) is 2.86. The largest absolute Gasteiger partial charge is 0.453 e. The van der Waals surface area contributed by atoms with Crippen LogP contribution in [0.3, 0.4) is 0 Å². The van der Waals surface area contributed by atoms with Crippen molar-refractivity contribution in [1.82, 2.24) is 4.90 Å². The van der Waals surface area contributed by atoms with Gasteiger partial charge in [-0.05, 0) is 13.3 Å². The lowest BCUT2D eigenvalue weighted by atomic mass is 10.2. The van der Waals surface area contributed by atoms with E-state index >= 15 is 0 Å². The topological polar surface area (TPSA) is 49.8 Å². The van der Waals surface area contributed by atoms with Crippen LogP contribution in [0.1, 0.15) is 13.3 Å². The standard InChI is InChI=1S/C7H13NO3/c1-5-3-6(9)4-8(5)7(10)11-2/h5-6,9H,3-4H2,1-2H3/t5-,6?/m1/s1. The normalized spacial score (nSPS) is 30.6. The zero-order chi connectivity index (χ0) is 8.43. The average Bonchev–Trinajstić information content (AvgIpc) is 2.28. The number of aliphatic hydroxyl groups is 1. The molecule has 1 heterocycles. The number of carbonyl (C=O) groups is 1. The number of hydrogen-bond acceptors (Lipinski definition) is 3. The smallest absolute Gasteiger partial charge is 0.409 e. The molecule has 1 aliphatic rings. The number of hydrogen-bond donors (Lipinski definition) is 1. The van der Waals surface area contributed by atoms with Crippen LogP contribution in [0.15, 0.2) is 0 Å². The molecule has 0 bridgehead atoms. The van der Waals surface area contributed by atoms with Crippen molar-refractivity contribution >= 4 is 6.09 Å². The minimum absolute atomic E-state index is 0.0949. The van der Waals surface area contributed by atoms with Crippen LogP contribution in [-0.2, 0) is 4.74 Å². The van der Waals surface area contributed by atoms with Crippen LogP contribution < -0.4 is 0 Å². The lowest BCUT2D eigenvalue weighted by Gasteiger charge is -2.18. The number of ether oxygens (including phenoxy) is 1. The maximum Gasteiger partial charge on any atom is 0.409 e. The monoisotopic (exact) mass is 159 g/mol. The summed E-state index contributed by atoms with van der Waals surface area (Å²) in [6, 6.07) is 0.0949. The van der Waals surface area contributed by atoms with Crippen molar-refractivity contribution in [2.45, 2.75) is 25.5 Å². The fourth-order valence-corrected chi connectivity index (χ4v) is 1.37. The SMILES string of the molecule is COC(=O)N1CC(O)C[C@H]1C. The molecule has 0 spiro atoms. The Labute approximate surface area is 65.8 Å². The van der Waals surface area contributed by atoms with E-state index in [2.05, 4.69) is 4.74 Å². The zero-order valence-electron chi connectivity index (χ0n) is 6.78. The number of aliphatic hydroxyl groups excluding tert-OH is 1. The molecule has 4 heteroatoms. The molecule has 1 amide bonds. The molecule has 1 unspecified atom stereocenters. The fraction of sp³-hybridized carbons (Fsp3) is 0.857.